The van der Waals surface area contributed by atoms with Gasteiger partial charge in [0.15, 0.2) is 5.96 Å². The van der Waals surface area contributed by atoms with Crippen molar-refractivity contribution in [3.63, 3.8) is 0 Å². The number of methoxy groups -OCH3 is 2. The van der Waals surface area contributed by atoms with E-state index in [2.05, 4.69) is 32.2 Å². The molecule has 0 atom stereocenters. The second kappa shape index (κ2) is 10.5. The first-order valence-corrected chi connectivity index (χ1v) is 7.62. The Morgan fingerprint density at radius 1 is 1.13 bits per heavy atom. The average Bonchev–Trinajstić information content (AvgIpc) is 2.59. The minimum absolute atomic E-state index is 0. The van der Waals surface area contributed by atoms with E-state index < -0.39 is 0 Å². The van der Waals surface area contributed by atoms with Gasteiger partial charge in [-0.05, 0) is 24.3 Å². The number of ether oxygens (including phenoxy) is 2. The fourth-order valence-corrected chi connectivity index (χ4v) is 2.57. The van der Waals surface area contributed by atoms with Gasteiger partial charge in [0.1, 0.15) is 5.75 Å². The summed E-state index contributed by atoms with van der Waals surface area (Å²) in [4.78, 5) is 9.02. The van der Waals surface area contributed by atoms with Crippen LogP contribution < -0.4 is 15.0 Å². The highest BCUT2D eigenvalue weighted by atomic mass is 127. The van der Waals surface area contributed by atoms with Crippen LogP contribution in [0.2, 0.25) is 0 Å². The summed E-state index contributed by atoms with van der Waals surface area (Å²) in [5, 5.41) is 3.33. The van der Waals surface area contributed by atoms with E-state index in [0.29, 0.717) is 6.61 Å². The van der Waals surface area contributed by atoms with Gasteiger partial charge in [0.2, 0.25) is 0 Å². The van der Waals surface area contributed by atoms with Gasteiger partial charge in [-0.2, -0.15) is 0 Å². The number of piperazine rings is 1. The number of aliphatic imine (C=N–C) groups is 1. The molecule has 1 aliphatic heterocycles. The summed E-state index contributed by atoms with van der Waals surface area (Å²) in [7, 11) is 5.22. The van der Waals surface area contributed by atoms with E-state index in [1.165, 1.54) is 5.69 Å². The summed E-state index contributed by atoms with van der Waals surface area (Å²) >= 11 is 0. The first-order valence-electron chi connectivity index (χ1n) is 7.62. The van der Waals surface area contributed by atoms with Crippen LogP contribution >= 0.6 is 24.0 Å². The third-order valence-corrected chi connectivity index (χ3v) is 3.82. The van der Waals surface area contributed by atoms with Gasteiger partial charge in [-0.15, -0.1) is 24.0 Å². The van der Waals surface area contributed by atoms with Crippen LogP contribution in [0.3, 0.4) is 0 Å². The van der Waals surface area contributed by atoms with Gasteiger partial charge in [-0.1, -0.05) is 0 Å². The summed E-state index contributed by atoms with van der Waals surface area (Å²) in [5.74, 6) is 1.84. The van der Waals surface area contributed by atoms with E-state index in [9.17, 15) is 0 Å². The molecule has 6 nitrogen and oxygen atoms in total. The second-order valence-corrected chi connectivity index (χ2v) is 5.14. The van der Waals surface area contributed by atoms with Crippen LogP contribution in [0.15, 0.2) is 29.3 Å². The van der Waals surface area contributed by atoms with Crippen molar-refractivity contribution in [3.05, 3.63) is 24.3 Å². The lowest BCUT2D eigenvalue weighted by molar-refractivity contribution is 0.202. The Bertz CT molecular complexity index is 473. The number of halogens is 1. The third-order valence-electron chi connectivity index (χ3n) is 3.82. The fourth-order valence-electron chi connectivity index (χ4n) is 2.57. The Morgan fingerprint density at radius 2 is 1.78 bits per heavy atom. The normalized spacial score (nSPS) is 15.2. The molecular weight excluding hydrogens is 407 g/mol. The molecule has 0 spiro atoms. The molecule has 1 aromatic carbocycles. The molecule has 0 radical (unpaired) electrons. The van der Waals surface area contributed by atoms with Gasteiger partial charge < -0.3 is 24.6 Å². The molecule has 0 aromatic heterocycles. The Balaban J connectivity index is 0.00000264. The first kappa shape index (κ1) is 19.8. The number of rotatable bonds is 5. The summed E-state index contributed by atoms with van der Waals surface area (Å²) < 4.78 is 10.3. The number of nitrogens with zero attached hydrogens (tertiary/aromatic N) is 3. The maximum Gasteiger partial charge on any atom is 0.193 e. The maximum atomic E-state index is 5.21. The molecule has 0 saturated carbocycles. The first-order chi connectivity index (χ1) is 10.8. The standard InChI is InChI=1S/C16H26N4O2.HI/c1-17-16(18-8-13-21-2)20-11-9-19(10-12-20)14-4-6-15(22-3)7-5-14;/h4-7H,8-13H2,1-3H3,(H,17,18);1H. The number of hydrogen-bond donors (Lipinski definition) is 1. The molecular formula is C16H27IN4O2. The van der Waals surface area contributed by atoms with Crippen molar-refractivity contribution in [1.82, 2.24) is 10.2 Å². The summed E-state index contributed by atoms with van der Waals surface area (Å²) in [6.07, 6.45) is 0. The summed E-state index contributed by atoms with van der Waals surface area (Å²) in [6.45, 7) is 5.35. The Kier molecular flexibility index (Phi) is 9.08. The molecule has 1 fully saturated rings. The van der Waals surface area contributed by atoms with Crippen LogP contribution in [-0.4, -0.2) is 71.5 Å². The van der Waals surface area contributed by atoms with Crippen molar-refractivity contribution in [1.29, 1.82) is 0 Å². The van der Waals surface area contributed by atoms with Gasteiger partial charge in [-0.25, -0.2) is 0 Å². The molecule has 2 rings (SSSR count). The predicted octanol–water partition coefficient (Wildman–Crippen LogP) is 1.66. The van der Waals surface area contributed by atoms with Crippen LogP contribution in [0.25, 0.3) is 0 Å². The van der Waals surface area contributed by atoms with E-state index >= 15 is 0 Å². The molecule has 1 aliphatic rings. The van der Waals surface area contributed by atoms with Crippen molar-refractivity contribution in [2.24, 2.45) is 4.99 Å². The van der Waals surface area contributed by atoms with Gasteiger partial charge in [0.25, 0.3) is 0 Å². The van der Waals surface area contributed by atoms with Crippen LogP contribution in [0.4, 0.5) is 5.69 Å². The average molecular weight is 434 g/mol. The van der Waals surface area contributed by atoms with Gasteiger partial charge in [0, 0.05) is 52.6 Å². The van der Waals surface area contributed by atoms with E-state index in [-0.39, 0.29) is 24.0 Å². The van der Waals surface area contributed by atoms with E-state index in [4.69, 9.17) is 9.47 Å². The number of anilines is 1. The minimum atomic E-state index is 0. The van der Waals surface area contributed by atoms with Crippen LogP contribution in [0.5, 0.6) is 5.75 Å². The zero-order chi connectivity index (χ0) is 15.8. The second-order valence-electron chi connectivity index (χ2n) is 5.14. The van der Waals surface area contributed by atoms with E-state index in [1.807, 2.05) is 19.2 Å². The molecule has 1 saturated heterocycles. The Labute approximate surface area is 155 Å². The van der Waals surface area contributed by atoms with Crippen molar-refractivity contribution < 1.29 is 9.47 Å². The van der Waals surface area contributed by atoms with Gasteiger partial charge >= 0.3 is 0 Å². The minimum Gasteiger partial charge on any atom is -0.497 e. The number of benzene rings is 1. The van der Waals surface area contributed by atoms with Gasteiger partial charge in [-0.3, -0.25) is 4.99 Å². The lowest BCUT2D eigenvalue weighted by Crippen LogP contribution is -2.53. The van der Waals surface area contributed by atoms with Crippen molar-refractivity contribution >= 4 is 35.6 Å². The SMILES string of the molecule is CN=C(NCCOC)N1CCN(c2ccc(OC)cc2)CC1.I. The molecule has 0 unspecified atom stereocenters. The molecule has 0 bridgehead atoms. The van der Waals surface area contributed by atoms with E-state index in [1.54, 1.807) is 14.2 Å². The van der Waals surface area contributed by atoms with Crippen LogP contribution in [0.1, 0.15) is 0 Å². The molecule has 0 amide bonds. The number of hydrogen-bond acceptors (Lipinski definition) is 4. The smallest absolute Gasteiger partial charge is 0.193 e. The highest BCUT2D eigenvalue weighted by Gasteiger charge is 2.19. The predicted molar refractivity (Wildman–Crippen MR) is 105 cm³/mol. The third kappa shape index (κ3) is 5.72. The van der Waals surface area contributed by atoms with E-state index in [0.717, 1.165) is 44.4 Å². The van der Waals surface area contributed by atoms with Gasteiger partial charge in [0.05, 0.1) is 13.7 Å². The van der Waals surface area contributed by atoms with Crippen molar-refractivity contribution in [3.8, 4) is 5.75 Å². The maximum absolute atomic E-state index is 5.21. The lowest BCUT2D eigenvalue weighted by Gasteiger charge is -2.37. The fraction of sp³-hybridized carbons (Fsp3) is 0.562. The molecule has 1 heterocycles. The molecule has 1 N–H and O–H groups in total. The summed E-state index contributed by atoms with van der Waals surface area (Å²) in [6, 6.07) is 8.24. The molecule has 0 aliphatic carbocycles. The molecule has 7 heteroatoms. The summed E-state index contributed by atoms with van der Waals surface area (Å²) in [5.41, 5.74) is 1.24. The quantitative estimate of drug-likeness (QED) is 0.331. The molecule has 130 valence electrons. The highest BCUT2D eigenvalue weighted by molar-refractivity contribution is 14.0. The zero-order valence-electron chi connectivity index (χ0n) is 14.1. The van der Waals surface area contributed by atoms with Crippen molar-refractivity contribution in [2.45, 2.75) is 0 Å². The highest BCUT2D eigenvalue weighted by Crippen LogP contribution is 2.20. The topological polar surface area (TPSA) is 49.3 Å². The molecule has 23 heavy (non-hydrogen) atoms. The largest absolute Gasteiger partial charge is 0.497 e. The zero-order valence-corrected chi connectivity index (χ0v) is 16.4. The van der Waals surface area contributed by atoms with Crippen LogP contribution in [-0.2, 0) is 4.74 Å². The molecule has 1 aromatic rings. The monoisotopic (exact) mass is 434 g/mol. The number of guanidine groups is 1. The Hall–Kier alpha value is -1.22. The number of nitrogens with one attached hydrogen (secondary N) is 1. The van der Waals surface area contributed by atoms with Crippen LogP contribution in [0, 0.1) is 0 Å². The Morgan fingerprint density at radius 3 is 2.30 bits per heavy atom. The lowest BCUT2D eigenvalue weighted by atomic mass is 10.2. The van der Waals surface area contributed by atoms with Crippen molar-refractivity contribution in [2.75, 3.05) is 65.5 Å².